The summed E-state index contributed by atoms with van der Waals surface area (Å²) in [5.74, 6) is -0.349. The molecule has 0 atom stereocenters. The number of hydrogen-bond donors (Lipinski definition) is 0. The lowest BCUT2D eigenvalue weighted by atomic mass is 10.1. The molecule has 0 N–H and O–H groups in total. The highest BCUT2D eigenvalue weighted by molar-refractivity contribution is 5.89. The van der Waals surface area contributed by atoms with Crippen LogP contribution in [0.2, 0.25) is 0 Å². The number of carbonyl (C=O) groups is 1. The number of aromatic nitrogens is 2. The molecule has 0 saturated heterocycles. The van der Waals surface area contributed by atoms with Crippen LogP contribution in [0.3, 0.4) is 0 Å². The number of nitrogens with zero attached hydrogens (tertiary/aromatic N) is 2. The Bertz CT molecular complexity index is 844. The third kappa shape index (κ3) is 3.68. The summed E-state index contributed by atoms with van der Waals surface area (Å²) in [5, 5.41) is 0. The Morgan fingerprint density at radius 2 is 2.00 bits per heavy atom. The lowest BCUT2D eigenvalue weighted by molar-refractivity contribution is 0.0458. The molecule has 1 heterocycles. The molecule has 0 bridgehead atoms. The average molecular weight is 324 g/mol. The number of imidazole rings is 1. The van der Waals surface area contributed by atoms with Crippen molar-refractivity contribution >= 4 is 5.97 Å². The van der Waals surface area contributed by atoms with E-state index in [0.717, 1.165) is 5.56 Å². The van der Waals surface area contributed by atoms with E-state index in [0.29, 0.717) is 17.9 Å². The van der Waals surface area contributed by atoms with Crippen LogP contribution in [0.4, 0.5) is 4.39 Å². The topological polar surface area (TPSA) is 44.1 Å². The Hall–Kier alpha value is -2.95. The predicted octanol–water partition coefficient (Wildman–Crippen LogP) is 3.74. The van der Waals surface area contributed by atoms with Gasteiger partial charge in [0.15, 0.2) is 0 Å². The van der Waals surface area contributed by atoms with Crippen LogP contribution in [0.25, 0.3) is 0 Å². The molecule has 0 saturated carbocycles. The van der Waals surface area contributed by atoms with Gasteiger partial charge in [-0.05, 0) is 30.2 Å². The van der Waals surface area contributed by atoms with Crippen molar-refractivity contribution in [3.63, 3.8) is 0 Å². The highest BCUT2D eigenvalue weighted by Crippen LogP contribution is 2.12. The number of halogens is 1. The van der Waals surface area contributed by atoms with Gasteiger partial charge in [-0.1, -0.05) is 36.4 Å². The molecule has 122 valence electrons. The zero-order valence-corrected chi connectivity index (χ0v) is 13.3. The summed E-state index contributed by atoms with van der Waals surface area (Å²) in [6.07, 6.45) is 3.50. The predicted molar refractivity (Wildman–Crippen MR) is 88.0 cm³/mol. The van der Waals surface area contributed by atoms with Crippen molar-refractivity contribution in [3.8, 4) is 0 Å². The molecule has 0 aliphatic carbocycles. The Morgan fingerprint density at radius 3 is 2.75 bits per heavy atom. The van der Waals surface area contributed by atoms with E-state index in [1.54, 1.807) is 25.3 Å². The summed E-state index contributed by atoms with van der Waals surface area (Å²) in [6, 6.07) is 14.2. The minimum Gasteiger partial charge on any atom is -0.454 e. The first-order chi connectivity index (χ1) is 11.6. The van der Waals surface area contributed by atoms with Gasteiger partial charge in [-0.2, -0.15) is 0 Å². The molecule has 0 amide bonds. The first kappa shape index (κ1) is 15.9. The molecule has 5 heteroatoms. The van der Waals surface area contributed by atoms with Crippen molar-refractivity contribution in [2.75, 3.05) is 0 Å². The third-order valence-corrected chi connectivity index (χ3v) is 3.74. The van der Waals surface area contributed by atoms with Crippen LogP contribution in [-0.4, -0.2) is 15.5 Å². The van der Waals surface area contributed by atoms with Crippen LogP contribution in [0, 0.1) is 12.7 Å². The van der Waals surface area contributed by atoms with Crippen LogP contribution in [0.15, 0.2) is 60.9 Å². The van der Waals surface area contributed by atoms with Crippen molar-refractivity contribution < 1.29 is 13.9 Å². The van der Waals surface area contributed by atoms with E-state index in [9.17, 15) is 9.18 Å². The number of ether oxygens (including phenoxy) is 1. The molecule has 3 aromatic rings. The van der Waals surface area contributed by atoms with E-state index in [4.69, 9.17) is 4.74 Å². The van der Waals surface area contributed by atoms with Gasteiger partial charge in [-0.15, -0.1) is 0 Å². The summed E-state index contributed by atoms with van der Waals surface area (Å²) in [6.45, 7) is 2.33. The normalized spacial score (nSPS) is 10.6. The van der Waals surface area contributed by atoms with Gasteiger partial charge in [0.1, 0.15) is 18.2 Å². The number of hydrogen-bond acceptors (Lipinski definition) is 3. The summed E-state index contributed by atoms with van der Waals surface area (Å²) in [4.78, 5) is 16.3. The lowest BCUT2D eigenvalue weighted by Gasteiger charge is -2.09. The molecule has 2 aromatic carbocycles. The third-order valence-electron chi connectivity index (χ3n) is 3.74. The van der Waals surface area contributed by atoms with Crippen molar-refractivity contribution in [2.24, 2.45) is 0 Å². The first-order valence-electron chi connectivity index (χ1n) is 7.60. The minimum atomic E-state index is -0.567. The molecular formula is C19H17FN2O2. The van der Waals surface area contributed by atoms with Crippen LogP contribution in [-0.2, 0) is 17.9 Å². The van der Waals surface area contributed by atoms with E-state index in [1.807, 2.05) is 41.1 Å². The molecule has 0 aliphatic heterocycles. The van der Waals surface area contributed by atoms with Crippen LogP contribution < -0.4 is 0 Å². The van der Waals surface area contributed by atoms with E-state index in [2.05, 4.69) is 4.98 Å². The maximum Gasteiger partial charge on any atom is 0.338 e. The number of aryl methyl sites for hydroxylation is 1. The molecule has 24 heavy (non-hydrogen) atoms. The van der Waals surface area contributed by atoms with Gasteiger partial charge in [0.25, 0.3) is 0 Å². The molecule has 0 spiro atoms. The Morgan fingerprint density at radius 1 is 1.21 bits per heavy atom. The van der Waals surface area contributed by atoms with Gasteiger partial charge < -0.3 is 9.30 Å². The van der Waals surface area contributed by atoms with E-state index in [1.165, 1.54) is 6.07 Å². The van der Waals surface area contributed by atoms with Gasteiger partial charge >= 0.3 is 5.97 Å². The SMILES string of the molecule is Cc1ccc(C(=O)OCc2nccn2Cc2ccccc2)cc1F. The van der Waals surface area contributed by atoms with Crippen LogP contribution in [0.5, 0.6) is 0 Å². The number of benzene rings is 2. The molecule has 3 rings (SSSR count). The molecule has 0 radical (unpaired) electrons. The average Bonchev–Trinajstić information content (AvgIpc) is 3.03. The Balaban J connectivity index is 1.66. The van der Waals surface area contributed by atoms with E-state index >= 15 is 0 Å². The van der Waals surface area contributed by atoms with Crippen molar-refractivity contribution in [1.82, 2.24) is 9.55 Å². The molecule has 0 unspecified atom stereocenters. The second kappa shape index (κ2) is 7.08. The summed E-state index contributed by atoms with van der Waals surface area (Å²) in [5.41, 5.74) is 1.81. The molecule has 0 fully saturated rings. The summed E-state index contributed by atoms with van der Waals surface area (Å²) >= 11 is 0. The fraction of sp³-hybridized carbons (Fsp3) is 0.158. The first-order valence-corrected chi connectivity index (χ1v) is 7.60. The van der Waals surface area contributed by atoms with Gasteiger partial charge in [0.2, 0.25) is 0 Å². The van der Waals surface area contributed by atoms with E-state index in [-0.39, 0.29) is 12.2 Å². The fourth-order valence-electron chi connectivity index (χ4n) is 2.34. The van der Waals surface area contributed by atoms with Gasteiger partial charge in [-0.25, -0.2) is 14.2 Å². The second-order valence-corrected chi connectivity index (χ2v) is 5.50. The molecule has 4 nitrogen and oxygen atoms in total. The Labute approximate surface area is 139 Å². The van der Waals surface area contributed by atoms with Crippen LogP contribution >= 0.6 is 0 Å². The van der Waals surface area contributed by atoms with Crippen molar-refractivity contribution in [1.29, 1.82) is 0 Å². The number of rotatable bonds is 5. The zero-order valence-electron chi connectivity index (χ0n) is 13.3. The van der Waals surface area contributed by atoms with Gasteiger partial charge in [0, 0.05) is 18.9 Å². The quantitative estimate of drug-likeness (QED) is 0.672. The standard InChI is InChI=1S/C19H17FN2O2/c1-14-7-8-16(11-17(14)20)19(23)24-13-18-21-9-10-22(18)12-15-5-3-2-4-6-15/h2-11H,12-13H2,1H3. The maximum atomic E-state index is 13.5. The van der Waals surface area contributed by atoms with Crippen LogP contribution in [0.1, 0.15) is 27.3 Å². The number of carbonyl (C=O) groups excluding carboxylic acids is 1. The second-order valence-electron chi connectivity index (χ2n) is 5.50. The Kier molecular flexibility index (Phi) is 4.70. The minimum absolute atomic E-state index is 0.0359. The molecule has 0 aliphatic rings. The molecule has 1 aromatic heterocycles. The smallest absolute Gasteiger partial charge is 0.338 e. The lowest BCUT2D eigenvalue weighted by Crippen LogP contribution is -2.10. The van der Waals surface area contributed by atoms with Crippen molar-refractivity contribution in [3.05, 3.63) is 89.3 Å². The zero-order chi connectivity index (χ0) is 16.9. The highest BCUT2D eigenvalue weighted by Gasteiger charge is 2.12. The summed E-state index contributed by atoms with van der Waals surface area (Å²) < 4.78 is 20.7. The highest BCUT2D eigenvalue weighted by atomic mass is 19.1. The van der Waals surface area contributed by atoms with E-state index < -0.39 is 11.8 Å². The largest absolute Gasteiger partial charge is 0.454 e. The maximum absolute atomic E-state index is 13.5. The molecular weight excluding hydrogens is 307 g/mol. The summed E-state index contributed by atoms with van der Waals surface area (Å²) in [7, 11) is 0. The van der Waals surface area contributed by atoms with Gasteiger partial charge in [0.05, 0.1) is 5.56 Å². The monoisotopic (exact) mass is 324 g/mol. The fourth-order valence-corrected chi connectivity index (χ4v) is 2.34. The van der Waals surface area contributed by atoms with Crippen molar-refractivity contribution in [2.45, 2.75) is 20.1 Å². The van der Waals surface area contributed by atoms with Gasteiger partial charge in [-0.3, -0.25) is 0 Å². The number of esters is 1.